The average molecular weight is 356 g/mol. The first-order chi connectivity index (χ1) is 12.7. The van der Waals surface area contributed by atoms with Crippen molar-refractivity contribution in [2.24, 2.45) is 0 Å². The molecule has 0 bridgehead atoms. The maximum atomic E-state index is 5.33. The summed E-state index contributed by atoms with van der Waals surface area (Å²) >= 11 is 0. The minimum absolute atomic E-state index is 0.750. The summed E-state index contributed by atoms with van der Waals surface area (Å²) in [5.41, 5.74) is 2.37. The van der Waals surface area contributed by atoms with Crippen LogP contribution in [0.25, 0.3) is 0 Å². The van der Waals surface area contributed by atoms with Crippen LogP contribution in [0.5, 0.6) is 11.5 Å². The zero-order valence-corrected chi connectivity index (χ0v) is 15.9. The van der Waals surface area contributed by atoms with E-state index in [0.717, 1.165) is 62.1 Å². The minimum Gasteiger partial charge on any atom is -0.497 e. The molecule has 1 N–H and O–H groups in total. The summed E-state index contributed by atoms with van der Waals surface area (Å²) in [5, 5.41) is 3.49. The zero-order valence-electron chi connectivity index (χ0n) is 15.9. The predicted octanol–water partition coefficient (Wildman–Crippen LogP) is 2.14. The molecule has 1 fully saturated rings. The van der Waals surface area contributed by atoms with E-state index in [-0.39, 0.29) is 0 Å². The van der Waals surface area contributed by atoms with Gasteiger partial charge in [-0.1, -0.05) is 0 Å². The van der Waals surface area contributed by atoms with Crippen LogP contribution in [0.2, 0.25) is 0 Å². The van der Waals surface area contributed by atoms with E-state index in [9.17, 15) is 0 Å². The number of nitrogens with zero attached hydrogens (tertiary/aromatic N) is 3. The number of hydrogen-bond acceptors (Lipinski definition) is 6. The van der Waals surface area contributed by atoms with E-state index in [2.05, 4.69) is 39.3 Å². The van der Waals surface area contributed by atoms with Crippen molar-refractivity contribution >= 4 is 5.82 Å². The third-order valence-corrected chi connectivity index (χ3v) is 4.71. The first-order valence-electron chi connectivity index (χ1n) is 8.99. The number of aromatic nitrogens is 1. The molecule has 0 radical (unpaired) electrons. The van der Waals surface area contributed by atoms with Gasteiger partial charge in [0.15, 0.2) is 0 Å². The van der Waals surface area contributed by atoms with Crippen molar-refractivity contribution in [3.63, 3.8) is 0 Å². The number of methoxy groups -OCH3 is 2. The van der Waals surface area contributed by atoms with Crippen molar-refractivity contribution in [1.29, 1.82) is 0 Å². The third kappa shape index (κ3) is 4.86. The Hall–Kier alpha value is -2.31. The second-order valence-corrected chi connectivity index (χ2v) is 6.64. The largest absolute Gasteiger partial charge is 0.497 e. The standard InChI is InChI=1S/C20H28N4O2/c1-23-6-8-24(9-7-23)20-12-16(4-5-22-20)14-21-15-17-10-18(25-2)13-19(11-17)26-3/h4-5,10-13,21H,6-9,14-15H2,1-3H3. The lowest BCUT2D eigenvalue weighted by molar-refractivity contribution is 0.312. The van der Waals surface area contributed by atoms with E-state index in [1.165, 1.54) is 5.56 Å². The molecule has 1 aromatic carbocycles. The summed E-state index contributed by atoms with van der Waals surface area (Å²) in [6.07, 6.45) is 1.90. The van der Waals surface area contributed by atoms with Crippen LogP contribution in [-0.4, -0.2) is 57.3 Å². The zero-order chi connectivity index (χ0) is 18.4. The van der Waals surface area contributed by atoms with Crippen LogP contribution in [0.15, 0.2) is 36.5 Å². The van der Waals surface area contributed by atoms with Crippen LogP contribution in [0.3, 0.4) is 0 Å². The number of ether oxygens (including phenoxy) is 2. The highest BCUT2D eigenvalue weighted by atomic mass is 16.5. The summed E-state index contributed by atoms with van der Waals surface area (Å²) < 4.78 is 10.7. The number of pyridine rings is 1. The van der Waals surface area contributed by atoms with Crippen LogP contribution in [0, 0.1) is 0 Å². The Morgan fingerprint density at radius 3 is 2.23 bits per heavy atom. The van der Waals surface area contributed by atoms with Crippen molar-refractivity contribution in [3.05, 3.63) is 47.7 Å². The van der Waals surface area contributed by atoms with E-state index in [4.69, 9.17) is 9.47 Å². The second-order valence-electron chi connectivity index (χ2n) is 6.64. The number of rotatable bonds is 7. The Bertz CT molecular complexity index is 692. The molecule has 26 heavy (non-hydrogen) atoms. The molecule has 1 aliphatic rings. The maximum Gasteiger partial charge on any atom is 0.128 e. The molecular weight excluding hydrogens is 328 g/mol. The maximum absolute atomic E-state index is 5.33. The molecule has 6 heteroatoms. The molecule has 0 unspecified atom stereocenters. The fourth-order valence-corrected chi connectivity index (χ4v) is 3.10. The summed E-state index contributed by atoms with van der Waals surface area (Å²) in [5.74, 6) is 2.69. The molecule has 6 nitrogen and oxygen atoms in total. The van der Waals surface area contributed by atoms with Gasteiger partial charge in [0.25, 0.3) is 0 Å². The molecule has 1 aliphatic heterocycles. The highest BCUT2D eigenvalue weighted by Gasteiger charge is 2.15. The van der Waals surface area contributed by atoms with Gasteiger partial charge < -0.3 is 24.6 Å². The van der Waals surface area contributed by atoms with E-state index in [1.807, 2.05) is 24.4 Å². The van der Waals surface area contributed by atoms with Gasteiger partial charge in [-0.05, 0) is 42.4 Å². The van der Waals surface area contributed by atoms with Gasteiger partial charge in [0.05, 0.1) is 14.2 Å². The first kappa shape index (κ1) is 18.5. The van der Waals surface area contributed by atoms with Crippen LogP contribution in [0.1, 0.15) is 11.1 Å². The fourth-order valence-electron chi connectivity index (χ4n) is 3.10. The van der Waals surface area contributed by atoms with E-state index < -0.39 is 0 Å². The molecule has 0 aliphatic carbocycles. The number of anilines is 1. The molecule has 140 valence electrons. The third-order valence-electron chi connectivity index (χ3n) is 4.71. The Morgan fingerprint density at radius 1 is 0.923 bits per heavy atom. The highest BCUT2D eigenvalue weighted by molar-refractivity contribution is 5.42. The Kier molecular flexibility index (Phi) is 6.30. The van der Waals surface area contributed by atoms with E-state index in [0.29, 0.717) is 0 Å². The topological polar surface area (TPSA) is 49.9 Å². The van der Waals surface area contributed by atoms with Gasteiger partial charge in [0.1, 0.15) is 17.3 Å². The average Bonchev–Trinajstić information content (AvgIpc) is 2.68. The van der Waals surface area contributed by atoms with Crippen molar-refractivity contribution < 1.29 is 9.47 Å². The smallest absolute Gasteiger partial charge is 0.128 e. The number of piperazine rings is 1. The molecule has 0 saturated carbocycles. The first-order valence-corrected chi connectivity index (χ1v) is 8.99. The van der Waals surface area contributed by atoms with E-state index >= 15 is 0 Å². The lowest BCUT2D eigenvalue weighted by Crippen LogP contribution is -2.44. The van der Waals surface area contributed by atoms with Gasteiger partial charge >= 0.3 is 0 Å². The molecular formula is C20H28N4O2. The van der Waals surface area contributed by atoms with Crippen molar-refractivity contribution in [3.8, 4) is 11.5 Å². The summed E-state index contributed by atoms with van der Waals surface area (Å²) in [4.78, 5) is 9.26. The van der Waals surface area contributed by atoms with Gasteiger partial charge in [0, 0.05) is 51.5 Å². The fraction of sp³-hybridized carbons (Fsp3) is 0.450. The molecule has 3 rings (SSSR count). The van der Waals surface area contributed by atoms with Crippen molar-refractivity contribution in [2.45, 2.75) is 13.1 Å². The van der Waals surface area contributed by atoms with Crippen molar-refractivity contribution in [1.82, 2.24) is 15.2 Å². The lowest BCUT2D eigenvalue weighted by Gasteiger charge is -2.33. The monoisotopic (exact) mass is 356 g/mol. The molecule has 0 spiro atoms. The molecule has 1 saturated heterocycles. The summed E-state index contributed by atoms with van der Waals surface area (Å²) in [6, 6.07) is 10.2. The molecule has 2 aromatic rings. The number of benzene rings is 1. The second kappa shape index (κ2) is 8.87. The number of hydrogen-bond donors (Lipinski definition) is 1. The van der Waals surface area contributed by atoms with Gasteiger partial charge in [-0.15, -0.1) is 0 Å². The van der Waals surface area contributed by atoms with Gasteiger partial charge in [-0.3, -0.25) is 0 Å². The van der Waals surface area contributed by atoms with Crippen LogP contribution < -0.4 is 19.7 Å². The van der Waals surface area contributed by atoms with E-state index in [1.54, 1.807) is 14.2 Å². The number of nitrogens with one attached hydrogen (secondary N) is 1. The summed E-state index contributed by atoms with van der Waals surface area (Å²) in [6.45, 7) is 5.78. The van der Waals surface area contributed by atoms with Crippen LogP contribution in [0.4, 0.5) is 5.82 Å². The lowest BCUT2D eigenvalue weighted by atomic mass is 10.2. The number of likely N-dealkylation sites (N-methyl/N-ethyl adjacent to an activating group) is 1. The highest BCUT2D eigenvalue weighted by Crippen LogP contribution is 2.22. The van der Waals surface area contributed by atoms with Crippen molar-refractivity contribution in [2.75, 3.05) is 52.3 Å². The van der Waals surface area contributed by atoms with Gasteiger partial charge in [-0.25, -0.2) is 4.98 Å². The summed E-state index contributed by atoms with van der Waals surface area (Å²) in [7, 11) is 5.50. The van der Waals surface area contributed by atoms with Crippen LogP contribution in [-0.2, 0) is 13.1 Å². The SMILES string of the molecule is COc1cc(CNCc2ccnc(N3CCN(C)CC3)c2)cc(OC)c1. The van der Waals surface area contributed by atoms with Crippen LogP contribution >= 0.6 is 0 Å². The van der Waals surface area contributed by atoms with Gasteiger partial charge in [-0.2, -0.15) is 0 Å². The predicted molar refractivity (Wildman–Crippen MR) is 104 cm³/mol. The van der Waals surface area contributed by atoms with Gasteiger partial charge in [0.2, 0.25) is 0 Å². The normalized spacial score (nSPS) is 15.1. The Labute approximate surface area is 155 Å². The Morgan fingerprint density at radius 2 is 1.58 bits per heavy atom. The quantitative estimate of drug-likeness (QED) is 0.820. The minimum atomic E-state index is 0.750. The molecule has 0 atom stereocenters. The molecule has 1 aromatic heterocycles. The molecule has 0 amide bonds. The Balaban J connectivity index is 1.57. The molecule has 2 heterocycles.